The SMILES string of the molecule is Cc1cc(C(c2ccc(F)cc2)N2CCOCC2)c(NC(=O)c2ccco2)s1. The fourth-order valence-electron chi connectivity index (χ4n) is 3.47. The zero-order chi connectivity index (χ0) is 19.5. The number of benzene rings is 1. The molecule has 2 aromatic heterocycles. The predicted octanol–water partition coefficient (Wildman–Crippen LogP) is 4.46. The summed E-state index contributed by atoms with van der Waals surface area (Å²) in [5, 5.41) is 3.77. The average Bonchev–Trinajstić information content (AvgIpc) is 3.35. The Labute approximate surface area is 166 Å². The standard InChI is InChI=1S/C21H21FN2O3S/c1-14-13-17(21(28-14)23-20(25)18-3-2-10-27-18)19(24-8-11-26-12-9-24)15-4-6-16(22)7-5-15/h2-7,10,13,19H,8-9,11-12H2,1H3,(H,23,25). The molecule has 0 saturated carbocycles. The number of ether oxygens (including phenoxy) is 1. The Balaban J connectivity index is 1.71. The number of hydrogen-bond acceptors (Lipinski definition) is 5. The van der Waals surface area contributed by atoms with Gasteiger partial charge >= 0.3 is 0 Å². The number of carbonyl (C=O) groups excluding carboxylic acids is 1. The molecule has 1 amide bonds. The number of nitrogens with one attached hydrogen (secondary N) is 1. The molecular weight excluding hydrogens is 379 g/mol. The maximum Gasteiger partial charge on any atom is 0.291 e. The minimum absolute atomic E-state index is 0.0960. The van der Waals surface area contributed by atoms with E-state index < -0.39 is 0 Å². The van der Waals surface area contributed by atoms with Crippen LogP contribution in [0.5, 0.6) is 0 Å². The average molecular weight is 400 g/mol. The lowest BCUT2D eigenvalue weighted by Gasteiger charge is -2.35. The van der Waals surface area contributed by atoms with Crippen LogP contribution in [0.15, 0.2) is 53.1 Å². The van der Waals surface area contributed by atoms with Crippen molar-refractivity contribution >= 4 is 22.2 Å². The van der Waals surface area contributed by atoms with Gasteiger partial charge < -0.3 is 14.5 Å². The Kier molecular flexibility index (Phi) is 5.57. The summed E-state index contributed by atoms with van der Waals surface area (Å²) < 4.78 is 24.2. The van der Waals surface area contributed by atoms with Gasteiger partial charge in [-0.1, -0.05) is 12.1 Å². The molecule has 0 bridgehead atoms. The number of nitrogens with zero attached hydrogens (tertiary/aromatic N) is 1. The van der Waals surface area contributed by atoms with E-state index >= 15 is 0 Å². The quantitative estimate of drug-likeness (QED) is 0.687. The van der Waals surface area contributed by atoms with Crippen molar-refractivity contribution in [3.8, 4) is 0 Å². The second-order valence-corrected chi connectivity index (χ2v) is 7.93. The van der Waals surface area contributed by atoms with Crippen molar-refractivity contribution in [3.63, 3.8) is 0 Å². The first kappa shape index (κ1) is 18.9. The summed E-state index contributed by atoms with van der Waals surface area (Å²) in [6, 6.07) is 11.9. The normalized spacial score (nSPS) is 16.1. The van der Waals surface area contributed by atoms with Gasteiger partial charge in [-0.2, -0.15) is 0 Å². The fraction of sp³-hybridized carbons (Fsp3) is 0.286. The lowest BCUT2D eigenvalue weighted by molar-refractivity contribution is 0.0241. The molecule has 1 unspecified atom stereocenters. The number of thiophene rings is 1. The van der Waals surface area contributed by atoms with Crippen LogP contribution >= 0.6 is 11.3 Å². The molecule has 1 fully saturated rings. The van der Waals surface area contributed by atoms with E-state index in [1.54, 1.807) is 24.3 Å². The van der Waals surface area contributed by atoms with E-state index in [1.165, 1.54) is 29.7 Å². The number of halogens is 1. The highest BCUT2D eigenvalue weighted by molar-refractivity contribution is 7.16. The zero-order valence-electron chi connectivity index (χ0n) is 15.5. The highest BCUT2D eigenvalue weighted by Gasteiger charge is 2.28. The summed E-state index contributed by atoms with van der Waals surface area (Å²) in [7, 11) is 0. The van der Waals surface area contributed by atoms with E-state index in [9.17, 15) is 9.18 Å². The molecule has 3 aromatic rings. The van der Waals surface area contributed by atoms with Gasteiger partial charge in [0.1, 0.15) is 10.8 Å². The van der Waals surface area contributed by atoms with Crippen LogP contribution in [0, 0.1) is 12.7 Å². The maximum absolute atomic E-state index is 13.5. The van der Waals surface area contributed by atoms with Crippen molar-refractivity contribution in [1.29, 1.82) is 0 Å². The number of anilines is 1. The third-order valence-electron chi connectivity index (χ3n) is 4.75. The van der Waals surface area contributed by atoms with E-state index in [2.05, 4.69) is 16.3 Å². The number of furan rings is 1. The molecule has 3 heterocycles. The zero-order valence-corrected chi connectivity index (χ0v) is 16.3. The molecule has 0 aliphatic carbocycles. The number of aryl methyl sites for hydroxylation is 1. The monoisotopic (exact) mass is 400 g/mol. The molecular formula is C21H21FN2O3S. The van der Waals surface area contributed by atoms with Crippen LogP contribution in [0.2, 0.25) is 0 Å². The summed E-state index contributed by atoms with van der Waals surface area (Å²) in [5.74, 6) is -0.285. The number of carbonyl (C=O) groups is 1. The first-order valence-corrected chi connectivity index (χ1v) is 9.96. The van der Waals surface area contributed by atoms with Crippen molar-refractivity contribution in [2.24, 2.45) is 0 Å². The third-order valence-corrected chi connectivity index (χ3v) is 5.73. The van der Waals surface area contributed by atoms with Gasteiger partial charge in [0.05, 0.1) is 25.5 Å². The summed E-state index contributed by atoms with van der Waals surface area (Å²) in [6.07, 6.45) is 1.48. The Morgan fingerprint density at radius 2 is 1.96 bits per heavy atom. The van der Waals surface area contributed by atoms with E-state index in [0.29, 0.717) is 13.2 Å². The van der Waals surface area contributed by atoms with Gasteiger partial charge in [0.25, 0.3) is 5.91 Å². The van der Waals surface area contributed by atoms with Crippen molar-refractivity contribution in [2.75, 3.05) is 31.6 Å². The van der Waals surface area contributed by atoms with Crippen molar-refractivity contribution in [1.82, 2.24) is 4.90 Å². The number of rotatable bonds is 5. The Morgan fingerprint density at radius 3 is 2.64 bits per heavy atom. The lowest BCUT2D eigenvalue weighted by atomic mass is 9.97. The molecule has 1 saturated heterocycles. The summed E-state index contributed by atoms with van der Waals surface area (Å²) >= 11 is 1.52. The number of hydrogen-bond donors (Lipinski definition) is 1. The Hall–Kier alpha value is -2.48. The number of amides is 1. The molecule has 1 atom stereocenters. The van der Waals surface area contributed by atoms with Gasteiger partial charge in [0.2, 0.25) is 0 Å². The van der Waals surface area contributed by atoms with Crippen LogP contribution in [0.3, 0.4) is 0 Å². The minimum atomic E-state index is -0.284. The second-order valence-electron chi connectivity index (χ2n) is 6.68. The van der Waals surface area contributed by atoms with Crippen LogP contribution in [-0.4, -0.2) is 37.1 Å². The molecule has 0 spiro atoms. The van der Waals surface area contributed by atoms with E-state index in [-0.39, 0.29) is 23.5 Å². The summed E-state index contributed by atoms with van der Waals surface area (Å²) in [5.41, 5.74) is 1.98. The molecule has 1 aliphatic heterocycles. The third kappa shape index (κ3) is 4.01. The first-order valence-electron chi connectivity index (χ1n) is 9.14. The summed E-state index contributed by atoms with van der Waals surface area (Å²) in [6.45, 7) is 4.84. The van der Waals surface area contributed by atoms with Crippen LogP contribution < -0.4 is 5.32 Å². The summed E-state index contributed by atoms with van der Waals surface area (Å²) in [4.78, 5) is 15.9. The topological polar surface area (TPSA) is 54.7 Å². The Bertz CT molecular complexity index is 931. The first-order chi connectivity index (χ1) is 13.6. The van der Waals surface area contributed by atoms with Gasteiger partial charge in [-0.25, -0.2) is 4.39 Å². The molecule has 1 aromatic carbocycles. The van der Waals surface area contributed by atoms with E-state index in [4.69, 9.17) is 9.15 Å². The highest BCUT2D eigenvalue weighted by atomic mass is 32.1. The van der Waals surface area contributed by atoms with Gasteiger partial charge in [0, 0.05) is 23.5 Å². The van der Waals surface area contributed by atoms with E-state index in [1.807, 2.05) is 6.92 Å². The van der Waals surface area contributed by atoms with Crippen LogP contribution in [0.1, 0.15) is 32.6 Å². The van der Waals surface area contributed by atoms with Crippen molar-refractivity contribution in [3.05, 3.63) is 76.3 Å². The van der Waals surface area contributed by atoms with Gasteiger partial charge in [0.15, 0.2) is 5.76 Å². The molecule has 5 nitrogen and oxygen atoms in total. The molecule has 28 heavy (non-hydrogen) atoms. The minimum Gasteiger partial charge on any atom is -0.459 e. The van der Waals surface area contributed by atoms with Crippen molar-refractivity contribution < 1.29 is 18.3 Å². The smallest absolute Gasteiger partial charge is 0.291 e. The van der Waals surface area contributed by atoms with Crippen LogP contribution in [0.25, 0.3) is 0 Å². The largest absolute Gasteiger partial charge is 0.459 e. The highest BCUT2D eigenvalue weighted by Crippen LogP contribution is 2.39. The molecule has 1 aliphatic rings. The van der Waals surface area contributed by atoms with Crippen LogP contribution in [0.4, 0.5) is 9.39 Å². The maximum atomic E-state index is 13.5. The fourth-order valence-corrected chi connectivity index (χ4v) is 4.41. The number of morpholine rings is 1. The molecule has 1 N–H and O–H groups in total. The predicted molar refractivity (Wildman–Crippen MR) is 106 cm³/mol. The molecule has 7 heteroatoms. The van der Waals surface area contributed by atoms with Crippen molar-refractivity contribution in [2.45, 2.75) is 13.0 Å². The molecule has 0 radical (unpaired) electrons. The lowest BCUT2D eigenvalue weighted by Crippen LogP contribution is -2.39. The molecule has 4 rings (SSSR count). The van der Waals surface area contributed by atoms with E-state index in [0.717, 1.165) is 34.1 Å². The second kappa shape index (κ2) is 8.26. The Morgan fingerprint density at radius 1 is 1.21 bits per heavy atom. The van der Waals surface area contributed by atoms with Gasteiger partial charge in [-0.15, -0.1) is 11.3 Å². The van der Waals surface area contributed by atoms with Crippen LogP contribution in [-0.2, 0) is 4.74 Å². The van der Waals surface area contributed by atoms with Gasteiger partial charge in [-0.3, -0.25) is 9.69 Å². The molecule has 146 valence electrons. The van der Waals surface area contributed by atoms with Gasteiger partial charge in [-0.05, 0) is 42.8 Å².